The minimum atomic E-state index is -4.29. The van der Waals surface area contributed by atoms with Gasteiger partial charge in [-0.2, -0.15) is 13.4 Å². The van der Waals surface area contributed by atoms with Gasteiger partial charge >= 0.3 is 0 Å². The highest BCUT2D eigenvalue weighted by molar-refractivity contribution is 7.85. The van der Waals surface area contributed by atoms with E-state index in [1.165, 1.54) is 6.07 Å². The highest BCUT2D eigenvalue weighted by atomic mass is 32.2. The second-order valence-electron chi connectivity index (χ2n) is 8.52. The standard InChI is InChI=1S/C25H29FN4O6S/c1-3-35-25(2,19-9-10-20(21(26)15-19)18-7-5-4-6-8-18)22-16-23(36-29-22)28-24(27-17-37(31,32)33)30-11-13-34-14-12-30/h4-10,15-16H,3,11-14,17H2,1-2H3,(H,27,28)(H,31,32,33). The minimum absolute atomic E-state index is 0.0756. The van der Waals surface area contributed by atoms with Crippen LogP contribution in [0.3, 0.4) is 0 Å². The summed E-state index contributed by atoms with van der Waals surface area (Å²) in [5.74, 6) is -0.875. The third-order valence-electron chi connectivity index (χ3n) is 5.96. The summed E-state index contributed by atoms with van der Waals surface area (Å²) < 4.78 is 63.7. The zero-order valence-electron chi connectivity index (χ0n) is 20.6. The Bertz CT molecular complexity index is 1340. The van der Waals surface area contributed by atoms with E-state index in [9.17, 15) is 13.0 Å². The molecule has 2 aromatic carbocycles. The topological polar surface area (TPSA) is 126 Å². The van der Waals surface area contributed by atoms with Crippen molar-refractivity contribution in [2.75, 3.05) is 38.8 Å². The zero-order chi connectivity index (χ0) is 26.5. The van der Waals surface area contributed by atoms with Crippen LogP contribution in [0.1, 0.15) is 25.1 Å². The second kappa shape index (κ2) is 11.4. The van der Waals surface area contributed by atoms with Gasteiger partial charge in [-0.25, -0.2) is 4.39 Å². The SMILES string of the molecule is CCOC(C)(c1ccc(-c2ccccc2)c(F)c1)c1cc(N=C(NCS(=O)(=O)O)N2CCOCC2)on1. The van der Waals surface area contributed by atoms with Crippen LogP contribution in [0.5, 0.6) is 0 Å². The van der Waals surface area contributed by atoms with Crippen molar-refractivity contribution in [2.24, 2.45) is 4.99 Å². The van der Waals surface area contributed by atoms with E-state index in [0.717, 1.165) is 5.56 Å². The average Bonchev–Trinajstić information content (AvgIpc) is 3.36. The van der Waals surface area contributed by atoms with Crippen LogP contribution in [0.2, 0.25) is 0 Å². The molecule has 4 rings (SSSR count). The molecule has 0 saturated carbocycles. The number of morpholine rings is 1. The fourth-order valence-corrected chi connectivity index (χ4v) is 4.37. The van der Waals surface area contributed by atoms with Crippen LogP contribution < -0.4 is 5.32 Å². The van der Waals surface area contributed by atoms with E-state index < -0.39 is 27.4 Å². The number of guanidine groups is 1. The molecule has 2 heterocycles. The predicted molar refractivity (Wildman–Crippen MR) is 135 cm³/mol. The molecular formula is C25H29FN4O6S. The summed E-state index contributed by atoms with van der Waals surface area (Å²) in [7, 11) is -4.29. The largest absolute Gasteiger partial charge is 0.378 e. The third kappa shape index (κ3) is 6.52. The van der Waals surface area contributed by atoms with Crippen LogP contribution in [-0.4, -0.2) is 67.8 Å². The molecule has 12 heteroatoms. The van der Waals surface area contributed by atoms with Gasteiger partial charge in [-0.3, -0.25) is 4.55 Å². The number of hydrogen-bond acceptors (Lipinski definition) is 7. The summed E-state index contributed by atoms with van der Waals surface area (Å²) in [6.45, 7) is 5.69. The lowest BCUT2D eigenvalue weighted by Crippen LogP contribution is -2.48. The van der Waals surface area contributed by atoms with E-state index in [1.54, 1.807) is 30.0 Å². The van der Waals surface area contributed by atoms with Crippen LogP contribution >= 0.6 is 0 Å². The van der Waals surface area contributed by atoms with Crippen molar-refractivity contribution >= 4 is 22.0 Å². The quantitative estimate of drug-likeness (QED) is 0.254. The fraction of sp³-hybridized carbons (Fsp3) is 0.360. The number of benzene rings is 2. The summed E-state index contributed by atoms with van der Waals surface area (Å²) in [6, 6.07) is 15.7. The van der Waals surface area contributed by atoms with Gasteiger partial charge in [0.2, 0.25) is 5.96 Å². The molecule has 0 bridgehead atoms. The number of nitrogens with one attached hydrogen (secondary N) is 1. The van der Waals surface area contributed by atoms with E-state index in [2.05, 4.69) is 15.5 Å². The Hall–Kier alpha value is -3.32. The van der Waals surface area contributed by atoms with Crippen molar-refractivity contribution in [1.82, 2.24) is 15.4 Å². The molecule has 0 aliphatic carbocycles. The van der Waals surface area contributed by atoms with Crippen LogP contribution in [-0.2, 0) is 25.2 Å². The number of aromatic nitrogens is 1. The lowest BCUT2D eigenvalue weighted by Gasteiger charge is -2.29. The summed E-state index contributed by atoms with van der Waals surface area (Å²) in [5.41, 5.74) is 0.970. The second-order valence-corrected chi connectivity index (χ2v) is 9.97. The number of aliphatic imine (C=N–C) groups is 1. The van der Waals surface area contributed by atoms with E-state index in [-0.39, 0.29) is 11.8 Å². The first-order valence-corrected chi connectivity index (χ1v) is 13.4. The Morgan fingerprint density at radius 3 is 2.59 bits per heavy atom. The number of nitrogens with zero attached hydrogens (tertiary/aromatic N) is 3. The maximum Gasteiger partial charge on any atom is 0.283 e. The number of hydrogen-bond donors (Lipinski definition) is 2. The molecule has 3 aromatic rings. The van der Waals surface area contributed by atoms with Gasteiger partial charge in [-0.1, -0.05) is 47.6 Å². The number of rotatable bonds is 8. The van der Waals surface area contributed by atoms with Crippen LogP contribution in [0.25, 0.3) is 11.1 Å². The van der Waals surface area contributed by atoms with Gasteiger partial charge in [0.1, 0.15) is 23.0 Å². The minimum Gasteiger partial charge on any atom is -0.378 e. The van der Waals surface area contributed by atoms with Crippen molar-refractivity contribution in [3.05, 3.63) is 71.7 Å². The molecule has 1 aliphatic heterocycles. The average molecular weight is 533 g/mol. The highest BCUT2D eigenvalue weighted by Crippen LogP contribution is 2.36. The van der Waals surface area contributed by atoms with Crippen molar-refractivity contribution in [3.63, 3.8) is 0 Å². The van der Waals surface area contributed by atoms with Crippen LogP contribution in [0.4, 0.5) is 10.3 Å². The highest BCUT2D eigenvalue weighted by Gasteiger charge is 2.34. The molecule has 0 amide bonds. The molecule has 1 atom stereocenters. The third-order valence-corrected chi connectivity index (χ3v) is 6.47. The van der Waals surface area contributed by atoms with Gasteiger partial charge < -0.3 is 24.2 Å². The predicted octanol–water partition coefficient (Wildman–Crippen LogP) is 3.54. The van der Waals surface area contributed by atoms with Gasteiger partial charge in [-0.15, -0.1) is 0 Å². The fourth-order valence-electron chi connectivity index (χ4n) is 4.06. The lowest BCUT2D eigenvalue weighted by molar-refractivity contribution is -0.00143. The van der Waals surface area contributed by atoms with Gasteiger partial charge in [0.05, 0.1) is 13.2 Å². The molecule has 0 spiro atoms. The molecule has 198 valence electrons. The molecule has 0 radical (unpaired) electrons. The van der Waals surface area contributed by atoms with E-state index in [1.807, 2.05) is 37.3 Å². The van der Waals surface area contributed by atoms with E-state index in [0.29, 0.717) is 49.7 Å². The number of ether oxygens (including phenoxy) is 2. The van der Waals surface area contributed by atoms with E-state index >= 15 is 4.39 Å². The first kappa shape index (κ1) is 26.7. The first-order chi connectivity index (χ1) is 17.7. The normalized spacial score (nSPS) is 16.4. The van der Waals surface area contributed by atoms with Gasteiger partial charge in [0, 0.05) is 31.3 Å². The Balaban J connectivity index is 1.66. The lowest BCUT2D eigenvalue weighted by atomic mass is 9.90. The van der Waals surface area contributed by atoms with Crippen molar-refractivity contribution in [1.29, 1.82) is 0 Å². The van der Waals surface area contributed by atoms with Gasteiger partial charge in [0.25, 0.3) is 16.0 Å². The smallest absolute Gasteiger partial charge is 0.283 e. The molecule has 1 aromatic heterocycles. The Labute approximate surface area is 214 Å². The zero-order valence-corrected chi connectivity index (χ0v) is 21.4. The van der Waals surface area contributed by atoms with Crippen molar-refractivity contribution < 1.29 is 31.4 Å². The van der Waals surface area contributed by atoms with Gasteiger partial charge in [-0.05, 0) is 31.0 Å². The maximum atomic E-state index is 15.2. The monoisotopic (exact) mass is 532 g/mol. The molecule has 10 nitrogen and oxygen atoms in total. The Morgan fingerprint density at radius 2 is 1.95 bits per heavy atom. The molecule has 1 aliphatic rings. The molecule has 1 saturated heterocycles. The molecule has 1 unspecified atom stereocenters. The molecule has 1 fully saturated rings. The summed E-state index contributed by atoms with van der Waals surface area (Å²) in [4.78, 5) is 6.16. The van der Waals surface area contributed by atoms with Crippen molar-refractivity contribution in [2.45, 2.75) is 19.4 Å². The summed E-state index contributed by atoms with van der Waals surface area (Å²) in [6.07, 6.45) is 0. The Morgan fingerprint density at radius 1 is 1.22 bits per heavy atom. The first-order valence-electron chi connectivity index (χ1n) is 11.8. The molecular weight excluding hydrogens is 503 g/mol. The van der Waals surface area contributed by atoms with E-state index in [4.69, 9.17) is 14.0 Å². The van der Waals surface area contributed by atoms with Crippen LogP contribution in [0, 0.1) is 5.82 Å². The van der Waals surface area contributed by atoms with Crippen molar-refractivity contribution in [3.8, 4) is 11.1 Å². The summed E-state index contributed by atoms with van der Waals surface area (Å²) >= 11 is 0. The summed E-state index contributed by atoms with van der Waals surface area (Å²) in [5, 5.41) is 6.76. The maximum absolute atomic E-state index is 15.2. The van der Waals surface area contributed by atoms with Gasteiger partial charge in [0.15, 0.2) is 0 Å². The number of halogens is 1. The Kier molecular flexibility index (Phi) is 8.22. The molecule has 37 heavy (non-hydrogen) atoms. The van der Waals surface area contributed by atoms with Crippen LogP contribution in [0.15, 0.2) is 64.1 Å². The molecule has 2 N–H and O–H groups in total.